The van der Waals surface area contributed by atoms with E-state index in [1.165, 1.54) is 4.98 Å². The van der Waals surface area contributed by atoms with E-state index in [9.17, 15) is 26.3 Å². The molecule has 0 radical (unpaired) electrons. The molecule has 0 fully saturated rings. The second kappa shape index (κ2) is 3.39. The van der Waals surface area contributed by atoms with Gasteiger partial charge in [0, 0.05) is 11.6 Å². The van der Waals surface area contributed by atoms with Gasteiger partial charge in [0.15, 0.2) is 0 Å². The third-order valence-electron chi connectivity index (χ3n) is 1.74. The number of aryl methyl sites for hydroxylation is 1. The highest BCUT2D eigenvalue weighted by molar-refractivity contribution is 5.18. The smallest absolute Gasteiger partial charge is 0.197 e. The van der Waals surface area contributed by atoms with E-state index in [4.69, 9.17) is 0 Å². The lowest BCUT2D eigenvalue weighted by Crippen LogP contribution is -2.30. The molecular formula is C8H6F6N+. The van der Waals surface area contributed by atoms with E-state index in [0.717, 1.165) is 13.0 Å². The Morgan fingerprint density at radius 3 is 1.87 bits per heavy atom. The molecule has 1 rings (SSSR count). The Morgan fingerprint density at radius 1 is 0.933 bits per heavy atom. The molecule has 0 saturated carbocycles. The highest BCUT2D eigenvalue weighted by Gasteiger charge is 2.45. The van der Waals surface area contributed by atoms with Gasteiger partial charge in [-0.3, -0.25) is 0 Å². The standard InChI is InChI=1S/C8H5F6N/c1-4-2-3-5(7(9,10)11)15-6(4)8(12,13)14/h2-3H,1H3/p+1. The van der Waals surface area contributed by atoms with Crippen LogP contribution in [0.5, 0.6) is 0 Å². The summed E-state index contributed by atoms with van der Waals surface area (Å²) in [4.78, 5) is 1.34. The summed E-state index contributed by atoms with van der Waals surface area (Å²) in [5.74, 6) is 0. The lowest BCUT2D eigenvalue weighted by atomic mass is 10.2. The maximum atomic E-state index is 12.2. The number of halogens is 6. The van der Waals surface area contributed by atoms with Gasteiger partial charge < -0.3 is 0 Å². The molecule has 1 aromatic rings. The molecule has 0 unspecified atom stereocenters. The summed E-state index contributed by atoms with van der Waals surface area (Å²) in [6, 6.07) is 1.35. The molecule has 0 bridgehead atoms. The Bertz CT molecular complexity index is 364. The van der Waals surface area contributed by atoms with Crippen LogP contribution < -0.4 is 4.98 Å². The van der Waals surface area contributed by atoms with Gasteiger partial charge in [-0.2, -0.15) is 31.3 Å². The Morgan fingerprint density at radius 2 is 1.47 bits per heavy atom. The van der Waals surface area contributed by atoms with Crippen molar-refractivity contribution in [2.24, 2.45) is 0 Å². The lowest BCUT2D eigenvalue weighted by molar-refractivity contribution is -0.462. The quantitative estimate of drug-likeness (QED) is 0.608. The first-order chi connectivity index (χ1) is 6.62. The monoisotopic (exact) mass is 230 g/mol. The van der Waals surface area contributed by atoms with Crippen molar-refractivity contribution in [2.45, 2.75) is 19.3 Å². The largest absolute Gasteiger partial charge is 0.477 e. The molecule has 84 valence electrons. The van der Waals surface area contributed by atoms with Crippen molar-refractivity contribution < 1.29 is 31.3 Å². The first-order valence-corrected chi connectivity index (χ1v) is 3.79. The van der Waals surface area contributed by atoms with E-state index >= 15 is 0 Å². The fourth-order valence-electron chi connectivity index (χ4n) is 1.03. The van der Waals surface area contributed by atoms with Crippen molar-refractivity contribution in [3.05, 3.63) is 29.1 Å². The Balaban J connectivity index is 3.30. The van der Waals surface area contributed by atoms with E-state index in [1.54, 1.807) is 0 Å². The van der Waals surface area contributed by atoms with Crippen LogP contribution in [-0.4, -0.2) is 0 Å². The van der Waals surface area contributed by atoms with Crippen LogP contribution in [0.25, 0.3) is 0 Å². The number of aromatic nitrogens is 1. The van der Waals surface area contributed by atoms with Gasteiger partial charge in [-0.05, 0) is 13.0 Å². The fraction of sp³-hybridized carbons (Fsp3) is 0.375. The summed E-state index contributed by atoms with van der Waals surface area (Å²) in [6.07, 6.45) is -9.63. The number of hydrogen-bond acceptors (Lipinski definition) is 0. The first-order valence-electron chi connectivity index (χ1n) is 3.79. The number of aromatic amines is 1. The summed E-state index contributed by atoms with van der Waals surface area (Å²) >= 11 is 0. The average molecular weight is 230 g/mol. The minimum atomic E-state index is -4.81. The Labute approximate surface area is 80.7 Å². The molecule has 0 saturated heterocycles. The van der Waals surface area contributed by atoms with Crippen LogP contribution in [-0.2, 0) is 12.4 Å². The van der Waals surface area contributed by atoms with E-state index in [2.05, 4.69) is 0 Å². The molecule has 0 aliphatic rings. The molecule has 1 N–H and O–H groups in total. The maximum Gasteiger partial charge on any atom is 0.477 e. The molecule has 0 aliphatic heterocycles. The number of hydrogen-bond donors (Lipinski definition) is 0. The lowest BCUT2D eigenvalue weighted by Gasteiger charge is -2.06. The van der Waals surface area contributed by atoms with E-state index in [-0.39, 0.29) is 5.56 Å². The fourth-order valence-corrected chi connectivity index (χ4v) is 1.03. The summed E-state index contributed by atoms with van der Waals surface area (Å²) < 4.78 is 72.9. The zero-order valence-electron chi connectivity index (χ0n) is 7.42. The van der Waals surface area contributed by atoms with Crippen LogP contribution in [0.4, 0.5) is 26.3 Å². The number of pyridine rings is 1. The van der Waals surface area contributed by atoms with Gasteiger partial charge in [0.1, 0.15) is 0 Å². The first kappa shape index (κ1) is 11.8. The normalized spacial score (nSPS) is 13.0. The van der Waals surface area contributed by atoms with E-state index < -0.39 is 23.7 Å². The van der Waals surface area contributed by atoms with Gasteiger partial charge in [-0.15, -0.1) is 0 Å². The predicted molar refractivity (Wildman–Crippen MR) is 37.7 cm³/mol. The minimum absolute atomic E-state index is 0.282. The Kier molecular flexibility index (Phi) is 2.67. The third-order valence-corrected chi connectivity index (χ3v) is 1.74. The van der Waals surface area contributed by atoms with Crippen LogP contribution in [0.1, 0.15) is 17.0 Å². The average Bonchev–Trinajstić information content (AvgIpc) is 2.00. The zero-order valence-corrected chi connectivity index (χ0v) is 7.42. The molecule has 0 spiro atoms. The third kappa shape index (κ3) is 2.60. The van der Waals surface area contributed by atoms with Crippen molar-refractivity contribution in [1.29, 1.82) is 0 Å². The van der Waals surface area contributed by atoms with Crippen LogP contribution in [0.15, 0.2) is 12.1 Å². The molecule has 7 heteroatoms. The second-order valence-corrected chi connectivity index (χ2v) is 2.93. The van der Waals surface area contributed by atoms with Gasteiger partial charge in [0.25, 0.3) is 11.4 Å². The molecular weight excluding hydrogens is 224 g/mol. The predicted octanol–water partition coefficient (Wildman–Crippen LogP) is 2.85. The number of nitrogens with one attached hydrogen (secondary N) is 1. The van der Waals surface area contributed by atoms with E-state index in [1.807, 2.05) is 0 Å². The van der Waals surface area contributed by atoms with Crippen molar-refractivity contribution in [3.63, 3.8) is 0 Å². The summed E-state index contributed by atoms with van der Waals surface area (Å²) in [5, 5.41) is 0. The zero-order chi connectivity index (χ0) is 11.9. The molecule has 0 aliphatic carbocycles. The summed E-state index contributed by atoms with van der Waals surface area (Å²) in [5.41, 5.74) is -3.08. The van der Waals surface area contributed by atoms with Gasteiger partial charge in [-0.1, -0.05) is 0 Å². The molecule has 0 aromatic carbocycles. The van der Waals surface area contributed by atoms with Gasteiger partial charge in [0.2, 0.25) is 0 Å². The van der Waals surface area contributed by atoms with Crippen molar-refractivity contribution in [2.75, 3.05) is 0 Å². The van der Waals surface area contributed by atoms with Crippen LogP contribution in [0, 0.1) is 6.92 Å². The van der Waals surface area contributed by atoms with Crippen molar-refractivity contribution in [3.8, 4) is 0 Å². The molecule has 1 nitrogen and oxygen atoms in total. The minimum Gasteiger partial charge on any atom is -0.197 e. The van der Waals surface area contributed by atoms with Crippen molar-refractivity contribution >= 4 is 0 Å². The molecule has 1 heterocycles. The molecule has 0 atom stereocenters. The van der Waals surface area contributed by atoms with Crippen LogP contribution in [0.3, 0.4) is 0 Å². The summed E-state index contributed by atoms with van der Waals surface area (Å²) in [7, 11) is 0. The molecule has 0 amide bonds. The van der Waals surface area contributed by atoms with Crippen LogP contribution >= 0.6 is 0 Å². The number of alkyl halides is 6. The molecule has 15 heavy (non-hydrogen) atoms. The summed E-state index contributed by atoms with van der Waals surface area (Å²) in [6.45, 7) is 1.08. The highest BCUT2D eigenvalue weighted by Crippen LogP contribution is 2.31. The Hall–Kier alpha value is -1.27. The van der Waals surface area contributed by atoms with Gasteiger partial charge in [0.05, 0.1) is 0 Å². The molecule has 1 aromatic heterocycles. The second-order valence-electron chi connectivity index (χ2n) is 2.93. The maximum absolute atomic E-state index is 12.2. The SMILES string of the molecule is Cc1ccc(C(F)(F)F)[nH+]c1C(F)(F)F. The topological polar surface area (TPSA) is 14.1 Å². The van der Waals surface area contributed by atoms with Crippen LogP contribution in [0.2, 0.25) is 0 Å². The number of rotatable bonds is 0. The van der Waals surface area contributed by atoms with Gasteiger partial charge >= 0.3 is 12.4 Å². The number of H-pyrrole nitrogens is 1. The highest BCUT2D eigenvalue weighted by atomic mass is 19.4. The van der Waals surface area contributed by atoms with Crippen molar-refractivity contribution in [1.82, 2.24) is 0 Å². The van der Waals surface area contributed by atoms with Gasteiger partial charge in [-0.25, -0.2) is 0 Å². The van der Waals surface area contributed by atoms with E-state index in [0.29, 0.717) is 6.07 Å².